The number of hydrogen-bond acceptors (Lipinski definition) is 5. The van der Waals surface area contributed by atoms with Crippen molar-refractivity contribution in [3.05, 3.63) is 59.9 Å². The monoisotopic (exact) mass is 405 g/mol. The summed E-state index contributed by atoms with van der Waals surface area (Å²) >= 11 is 0. The number of ether oxygens (including phenoxy) is 1. The average molecular weight is 406 g/mol. The maximum absolute atomic E-state index is 12.5. The Morgan fingerprint density at radius 2 is 2.00 bits per heavy atom. The lowest BCUT2D eigenvalue weighted by atomic mass is 10.1. The van der Waals surface area contributed by atoms with Gasteiger partial charge in [0.1, 0.15) is 5.75 Å². The first-order chi connectivity index (χ1) is 14.8. The third-order valence-corrected chi connectivity index (χ3v) is 6.01. The first-order valence-corrected chi connectivity index (χ1v) is 10.7. The molecule has 1 saturated heterocycles. The highest BCUT2D eigenvalue weighted by molar-refractivity contribution is 6.00. The number of carbonyl (C=O) groups is 1. The third-order valence-electron chi connectivity index (χ3n) is 6.01. The lowest BCUT2D eigenvalue weighted by Gasteiger charge is -2.36. The van der Waals surface area contributed by atoms with E-state index in [2.05, 4.69) is 38.4 Å². The van der Waals surface area contributed by atoms with E-state index in [9.17, 15) is 4.79 Å². The van der Waals surface area contributed by atoms with Gasteiger partial charge in [0.2, 0.25) is 0 Å². The summed E-state index contributed by atoms with van der Waals surface area (Å²) in [7, 11) is 0. The van der Waals surface area contributed by atoms with Gasteiger partial charge in [-0.05, 0) is 36.7 Å². The second-order valence-corrected chi connectivity index (χ2v) is 7.89. The molecule has 30 heavy (non-hydrogen) atoms. The quantitative estimate of drug-likeness (QED) is 0.637. The van der Waals surface area contributed by atoms with Crippen LogP contribution in [0.3, 0.4) is 0 Å². The Hall–Kier alpha value is -3.06. The second-order valence-electron chi connectivity index (χ2n) is 7.89. The summed E-state index contributed by atoms with van der Waals surface area (Å²) < 4.78 is 7.59. The standard InChI is InChI=1S/C23H27N5O2/c29-23(19-17-25-28-11-2-1-6-20(19)28)24-9-4-10-26-12-14-27(15-13-26)21-7-3-5-18-8-16-30-22(18)21/h1-3,5-7,11,17H,4,8-10,12-16H2,(H,24,29). The molecule has 1 N–H and O–H groups in total. The first-order valence-electron chi connectivity index (χ1n) is 10.7. The Labute approximate surface area is 176 Å². The summed E-state index contributed by atoms with van der Waals surface area (Å²) in [5.74, 6) is 1.03. The third kappa shape index (κ3) is 3.73. The summed E-state index contributed by atoms with van der Waals surface area (Å²) in [6.45, 7) is 6.54. The molecule has 0 spiro atoms. The van der Waals surface area contributed by atoms with Crippen molar-refractivity contribution in [1.82, 2.24) is 19.8 Å². The van der Waals surface area contributed by atoms with Crippen molar-refractivity contribution < 1.29 is 9.53 Å². The molecule has 2 aliphatic rings. The van der Waals surface area contributed by atoms with Crippen molar-refractivity contribution in [2.24, 2.45) is 0 Å². The van der Waals surface area contributed by atoms with Gasteiger partial charge in [0.25, 0.3) is 5.91 Å². The number of benzene rings is 1. The summed E-state index contributed by atoms with van der Waals surface area (Å²) in [4.78, 5) is 17.4. The first kappa shape index (κ1) is 18.9. The molecule has 2 aliphatic heterocycles. The van der Waals surface area contributed by atoms with Gasteiger partial charge in [0.15, 0.2) is 0 Å². The molecule has 1 amide bonds. The number of nitrogens with one attached hydrogen (secondary N) is 1. The highest BCUT2D eigenvalue weighted by Crippen LogP contribution is 2.36. The Balaban J connectivity index is 1.07. The molecule has 3 aromatic rings. The van der Waals surface area contributed by atoms with E-state index in [0.29, 0.717) is 12.1 Å². The SMILES string of the molecule is O=C(NCCCN1CCN(c2cccc3c2OCC3)CC1)c1cnn2ccccc12. The number of aromatic nitrogens is 2. The second kappa shape index (κ2) is 8.36. The van der Waals surface area contributed by atoms with E-state index in [-0.39, 0.29) is 5.91 Å². The lowest BCUT2D eigenvalue weighted by molar-refractivity contribution is 0.0953. The van der Waals surface area contributed by atoms with E-state index in [1.54, 1.807) is 10.7 Å². The molecule has 1 aromatic carbocycles. The van der Waals surface area contributed by atoms with Crippen molar-refractivity contribution in [2.75, 3.05) is 50.8 Å². The van der Waals surface area contributed by atoms with Gasteiger partial charge in [0, 0.05) is 45.3 Å². The molecule has 0 aliphatic carbocycles. The number of nitrogens with zero attached hydrogens (tertiary/aromatic N) is 4. The minimum absolute atomic E-state index is 0.0565. The predicted octanol–water partition coefficient (Wildman–Crippen LogP) is 2.21. The molecule has 0 radical (unpaired) electrons. The fourth-order valence-corrected chi connectivity index (χ4v) is 4.37. The van der Waals surface area contributed by atoms with E-state index in [4.69, 9.17) is 4.74 Å². The fraction of sp³-hybridized carbons (Fsp3) is 0.391. The van der Waals surface area contributed by atoms with Gasteiger partial charge >= 0.3 is 0 Å². The van der Waals surface area contributed by atoms with Crippen molar-refractivity contribution in [2.45, 2.75) is 12.8 Å². The largest absolute Gasteiger partial charge is 0.491 e. The van der Waals surface area contributed by atoms with Crippen LogP contribution in [0.15, 0.2) is 48.8 Å². The van der Waals surface area contributed by atoms with Crippen LogP contribution in [0.1, 0.15) is 22.3 Å². The average Bonchev–Trinajstić information content (AvgIpc) is 3.44. The van der Waals surface area contributed by atoms with Crippen molar-refractivity contribution in [3.63, 3.8) is 0 Å². The van der Waals surface area contributed by atoms with Crippen LogP contribution in [0.25, 0.3) is 5.52 Å². The number of piperazine rings is 1. The van der Waals surface area contributed by atoms with Crippen LogP contribution in [0.2, 0.25) is 0 Å². The summed E-state index contributed by atoms with van der Waals surface area (Å²) in [5.41, 5.74) is 4.03. The van der Waals surface area contributed by atoms with Gasteiger partial charge in [-0.25, -0.2) is 4.52 Å². The zero-order chi connectivity index (χ0) is 20.3. The number of hydrogen-bond donors (Lipinski definition) is 1. The van der Waals surface area contributed by atoms with Crippen LogP contribution in [-0.2, 0) is 6.42 Å². The topological polar surface area (TPSA) is 62.1 Å². The molecule has 7 nitrogen and oxygen atoms in total. The molecule has 0 unspecified atom stereocenters. The predicted molar refractivity (Wildman–Crippen MR) is 116 cm³/mol. The zero-order valence-corrected chi connectivity index (χ0v) is 17.1. The van der Waals surface area contributed by atoms with Gasteiger partial charge in [0.05, 0.1) is 29.6 Å². The maximum Gasteiger partial charge on any atom is 0.255 e. The Bertz CT molecular complexity index is 1040. The van der Waals surface area contributed by atoms with Gasteiger partial charge < -0.3 is 15.0 Å². The molecule has 0 atom stereocenters. The van der Waals surface area contributed by atoms with Crippen LogP contribution in [-0.4, -0.2) is 66.3 Å². The smallest absolute Gasteiger partial charge is 0.255 e. The van der Waals surface area contributed by atoms with Crippen LogP contribution >= 0.6 is 0 Å². The molecule has 2 aromatic heterocycles. The highest BCUT2D eigenvalue weighted by atomic mass is 16.5. The molecular formula is C23H27N5O2. The number of para-hydroxylation sites is 1. The summed E-state index contributed by atoms with van der Waals surface area (Å²) in [6, 6.07) is 12.2. The molecular weight excluding hydrogens is 378 g/mol. The van der Waals surface area contributed by atoms with Crippen LogP contribution < -0.4 is 15.0 Å². The van der Waals surface area contributed by atoms with Crippen LogP contribution in [0.5, 0.6) is 5.75 Å². The van der Waals surface area contributed by atoms with Gasteiger partial charge in [-0.15, -0.1) is 0 Å². The van der Waals surface area contributed by atoms with Crippen LogP contribution in [0, 0.1) is 0 Å². The molecule has 0 bridgehead atoms. The molecule has 5 rings (SSSR count). The Morgan fingerprint density at radius 1 is 1.10 bits per heavy atom. The molecule has 7 heteroatoms. The number of anilines is 1. The fourth-order valence-electron chi connectivity index (χ4n) is 4.37. The van der Waals surface area contributed by atoms with Gasteiger partial charge in [-0.2, -0.15) is 5.10 Å². The van der Waals surface area contributed by atoms with Crippen LogP contribution in [0.4, 0.5) is 5.69 Å². The molecule has 0 saturated carbocycles. The van der Waals surface area contributed by atoms with Crippen molar-refractivity contribution >= 4 is 17.1 Å². The molecule has 4 heterocycles. The number of rotatable bonds is 6. The maximum atomic E-state index is 12.5. The van der Waals surface area contributed by atoms with E-state index < -0.39 is 0 Å². The summed E-state index contributed by atoms with van der Waals surface area (Å²) in [5, 5.41) is 7.26. The van der Waals surface area contributed by atoms with Gasteiger partial charge in [-0.3, -0.25) is 9.69 Å². The zero-order valence-electron chi connectivity index (χ0n) is 17.1. The number of amides is 1. The van der Waals surface area contributed by atoms with E-state index in [1.807, 2.05) is 24.4 Å². The number of pyridine rings is 1. The van der Waals surface area contributed by atoms with Crippen molar-refractivity contribution in [1.29, 1.82) is 0 Å². The van der Waals surface area contributed by atoms with Crippen molar-refractivity contribution in [3.8, 4) is 5.75 Å². The van der Waals surface area contributed by atoms with E-state index in [0.717, 1.165) is 63.4 Å². The van der Waals surface area contributed by atoms with Gasteiger partial charge in [-0.1, -0.05) is 18.2 Å². The number of fused-ring (bicyclic) bond motifs is 2. The minimum Gasteiger partial charge on any atom is -0.491 e. The summed E-state index contributed by atoms with van der Waals surface area (Å²) in [6.07, 6.45) is 5.44. The minimum atomic E-state index is -0.0565. The Kier molecular flexibility index (Phi) is 5.27. The molecule has 156 valence electrons. The normalized spacial score (nSPS) is 16.5. The van der Waals surface area contributed by atoms with E-state index >= 15 is 0 Å². The van der Waals surface area contributed by atoms with E-state index in [1.165, 1.54) is 11.3 Å². The lowest BCUT2D eigenvalue weighted by Crippen LogP contribution is -2.47. The highest BCUT2D eigenvalue weighted by Gasteiger charge is 2.23. The Morgan fingerprint density at radius 3 is 2.90 bits per heavy atom. The molecule has 1 fully saturated rings. The number of carbonyl (C=O) groups excluding carboxylic acids is 1.